The molecule has 1 saturated heterocycles. The lowest BCUT2D eigenvalue weighted by Crippen LogP contribution is -2.51. The lowest BCUT2D eigenvalue weighted by molar-refractivity contribution is -0.0371. The number of rotatable bonds is 3. The van der Waals surface area contributed by atoms with Crippen molar-refractivity contribution in [2.24, 2.45) is 0 Å². The number of morpholine rings is 1. The fourth-order valence-electron chi connectivity index (χ4n) is 2.16. The van der Waals surface area contributed by atoms with Crippen LogP contribution >= 0.6 is 11.6 Å². The van der Waals surface area contributed by atoms with Gasteiger partial charge in [0.2, 0.25) is 0 Å². The maximum absolute atomic E-state index is 13.7. The van der Waals surface area contributed by atoms with Crippen molar-refractivity contribution in [3.05, 3.63) is 29.6 Å². The van der Waals surface area contributed by atoms with Crippen LogP contribution in [0.5, 0.6) is 5.75 Å². The SMILES string of the molecule is COc1ccc(C(=O)N2CC(CCl)OCC2C)cc1F. The molecule has 0 N–H and O–H groups in total. The van der Waals surface area contributed by atoms with Crippen molar-refractivity contribution in [2.75, 3.05) is 26.1 Å². The third-order valence-corrected chi connectivity index (χ3v) is 3.68. The highest BCUT2D eigenvalue weighted by Crippen LogP contribution is 2.21. The molecule has 20 heavy (non-hydrogen) atoms. The minimum absolute atomic E-state index is 0.0628. The summed E-state index contributed by atoms with van der Waals surface area (Å²) >= 11 is 5.77. The number of carbonyl (C=O) groups excluding carboxylic acids is 1. The predicted octanol–water partition coefficient (Wildman–Crippen LogP) is 2.30. The lowest BCUT2D eigenvalue weighted by atomic mass is 10.1. The van der Waals surface area contributed by atoms with Gasteiger partial charge in [0.05, 0.1) is 31.7 Å². The first-order valence-electron chi connectivity index (χ1n) is 6.39. The van der Waals surface area contributed by atoms with Crippen molar-refractivity contribution in [3.63, 3.8) is 0 Å². The fraction of sp³-hybridized carbons (Fsp3) is 0.500. The predicted molar refractivity (Wildman–Crippen MR) is 73.9 cm³/mol. The molecule has 0 radical (unpaired) electrons. The van der Waals surface area contributed by atoms with Gasteiger partial charge in [-0.2, -0.15) is 0 Å². The van der Waals surface area contributed by atoms with Crippen molar-refractivity contribution in [2.45, 2.75) is 19.1 Å². The van der Waals surface area contributed by atoms with Gasteiger partial charge in [0.15, 0.2) is 11.6 Å². The first-order valence-corrected chi connectivity index (χ1v) is 6.92. The van der Waals surface area contributed by atoms with E-state index in [4.69, 9.17) is 21.1 Å². The molecule has 1 aliphatic heterocycles. The zero-order valence-electron chi connectivity index (χ0n) is 11.4. The van der Waals surface area contributed by atoms with Crippen LogP contribution in [0.4, 0.5) is 4.39 Å². The van der Waals surface area contributed by atoms with Gasteiger partial charge in [0.1, 0.15) is 0 Å². The molecular weight excluding hydrogens is 285 g/mol. The Morgan fingerprint density at radius 1 is 1.60 bits per heavy atom. The number of hydrogen-bond donors (Lipinski definition) is 0. The fourth-order valence-corrected chi connectivity index (χ4v) is 2.35. The Bertz CT molecular complexity index is 497. The molecule has 1 aromatic carbocycles. The van der Waals surface area contributed by atoms with E-state index in [9.17, 15) is 9.18 Å². The molecule has 2 unspecified atom stereocenters. The number of alkyl halides is 1. The van der Waals surface area contributed by atoms with Gasteiger partial charge in [-0.05, 0) is 25.1 Å². The van der Waals surface area contributed by atoms with Gasteiger partial charge in [0, 0.05) is 12.1 Å². The van der Waals surface area contributed by atoms with E-state index in [1.807, 2.05) is 6.92 Å². The van der Waals surface area contributed by atoms with Crippen LogP contribution in [0.2, 0.25) is 0 Å². The number of halogens is 2. The lowest BCUT2D eigenvalue weighted by Gasteiger charge is -2.37. The monoisotopic (exact) mass is 301 g/mol. The van der Waals surface area contributed by atoms with Crippen LogP contribution in [-0.4, -0.2) is 49.1 Å². The molecule has 110 valence electrons. The van der Waals surface area contributed by atoms with E-state index in [1.165, 1.54) is 19.2 Å². The molecular formula is C14H17ClFNO3. The van der Waals surface area contributed by atoms with Crippen molar-refractivity contribution < 1.29 is 18.7 Å². The van der Waals surface area contributed by atoms with Gasteiger partial charge in [-0.1, -0.05) is 0 Å². The van der Waals surface area contributed by atoms with Gasteiger partial charge in [-0.15, -0.1) is 11.6 Å². The van der Waals surface area contributed by atoms with Crippen LogP contribution in [0, 0.1) is 5.82 Å². The van der Waals surface area contributed by atoms with Gasteiger partial charge in [-0.25, -0.2) is 4.39 Å². The second-order valence-electron chi connectivity index (χ2n) is 4.77. The van der Waals surface area contributed by atoms with Crippen molar-refractivity contribution in [1.82, 2.24) is 4.90 Å². The minimum Gasteiger partial charge on any atom is -0.494 e. The Balaban J connectivity index is 2.19. The van der Waals surface area contributed by atoms with Crippen LogP contribution in [-0.2, 0) is 4.74 Å². The molecule has 4 nitrogen and oxygen atoms in total. The van der Waals surface area contributed by atoms with Crippen LogP contribution in [0.1, 0.15) is 17.3 Å². The molecule has 0 bridgehead atoms. The first kappa shape index (κ1) is 15.1. The van der Waals surface area contributed by atoms with Gasteiger partial charge >= 0.3 is 0 Å². The molecule has 1 amide bonds. The summed E-state index contributed by atoms with van der Waals surface area (Å²) in [6.45, 7) is 2.74. The number of hydrogen-bond acceptors (Lipinski definition) is 3. The summed E-state index contributed by atoms with van der Waals surface area (Å²) in [5.74, 6) is -0.325. The Morgan fingerprint density at radius 2 is 2.35 bits per heavy atom. The largest absolute Gasteiger partial charge is 0.494 e. The third kappa shape index (κ3) is 3.04. The first-order chi connectivity index (χ1) is 9.56. The summed E-state index contributed by atoms with van der Waals surface area (Å²) in [5.41, 5.74) is 0.297. The number of nitrogens with zero attached hydrogens (tertiary/aromatic N) is 1. The molecule has 0 spiro atoms. The van der Waals surface area contributed by atoms with E-state index in [0.717, 1.165) is 0 Å². The summed E-state index contributed by atoms with van der Waals surface area (Å²) in [6.07, 6.45) is -0.181. The van der Waals surface area contributed by atoms with Crippen molar-refractivity contribution >= 4 is 17.5 Å². The van der Waals surface area contributed by atoms with Gasteiger partial charge in [0.25, 0.3) is 5.91 Å². The average Bonchev–Trinajstić information content (AvgIpc) is 2.47. The highest BCUT2D eigenvalue weighted by Gasteiger charge is 2.30. The smallest absolute Gasteiger partial charge is 0.254 e. The second-order valence-corrected chi connectivity index (χ2v) is 5.07. The topological polar surface area (TPSA) is 38.8 Å². The van der Waals surface area contributed by atoms with E-state index < -0.39 is 5.82 Å². The summed E-state index contributed by atoms with van der Waals surface area (Å²) in [4.78, 5) is 14.1. The van der Waals surface area contributed by atoms with Crippen LogP contribution < -0.4 is 4.74 Å². The second kappa shape index (κ2) is 6.41. The van der Waals surface area contributed by atoms with E-state index in [1.54, 1.807) is 11.0 Å². The molecule has 1 aromatic rings. The van der Waals surface area contributed by atoms with E-state index >= 15 is 0 Å². The quantitative estimate of drug-likeness (QED) is 0.804. The maximum Gasteiger partial charge on any atom is 0.254 e. The Morgan fingerprint density at radius 3 is 2.95 bits per heavy atom. The number of carbonyl (C=O) groups is 1. The van der Waals surface area contributed by atoms with Gasteiger partial charge in [-0.3, -0.25) is 4.79 Å². The van der Waals surface area contributed by atoms with Crippen LogP contribution in [0.3, 0.4) is 0 Å². The minimum atomic E-state index is -0.548. The number of benzene rings is 1. The molecule has 0 aromatic heterocycles. The molecule has 1 heterocycles. The normalized spacial score (nSPS) is 22.7. The summed E-state index contributed by atoms with van der Waals surface area (Å²) in [5, 5.41) is 0. The molecule has 1 fully saturated rings. The Labute approximate surface area is 122 Å². The standard InChI is InChI=1S/C14H17ClFNO3/c1-9-8-20-11(6-15)7-17(9)14(18)10-3-4-13(19-2)12(16)5-10/h3-5,9,11H,6-8H2,1-2H3. The number of methoxy groups -OCH3 is 1. The molecule has 1 aliphatic rings. The number of ether oxygens (including phenoxy) is 2. The molecule has 2 atom stereocenters. The van der Waals surface area contributed by atoms with E-state index in [2.05, 4.69) is 0 Å². The highest BCUT2D eigenvalue weighted by atomic mass is 35.5. The Hall–Kier alpha value is -1.33. The zero-order chi connectivity index (χ0) is 14.7. The third-order valence-electron chi connectivity index (χ3n) is 3.34. The maximum atomic E-state index is 13.7. The molecule has 2 rings (SSSR count). The molecule has 0 saturated carbocycles. The summed E-state index contributed by atoms with van der Waals surface area (Å²) < 4.78 is 24.0. The van der Waals surface area contributed by atoms with Crippen LogP contribution in [0.15, 0.2) is 18.2 Å². The molecule has 0 aliphatic carbocycles. The van der Waals surface area contributed by atoms with Crippen LogP contribution in [0.25, 0.3) is 0 Å². The van der Waals surface area contributed by atoms with E-state index in [0.29, 0.717) is 24.6 Å². The van der Waals surface area contributed by atoms with Gasteiger partial charge < -0.3 is 14.4 Å². The average molecular weight is 302 g/mol. The molecule has 6 heteroatoms. The van der Waals surface area contributed by atoms with Crippen molar-refractivity contribution in [1.29, 1.82) is 0 Å². The summed E-state index contributed by atoms with van der Waals surface area (Å²) in [6, 6.07) is 4.14. The van der Waals surface area contributed by atoms with E-state index in [-0.39, 0.29) is 23.8 Å². The highest BCUT2D eigenvalue weighted by molar-refractivity contribution is 6.18. The Kier molecular flexibility index (Phi) is 4.83. The van der Waals surface area contributed by atoms with Crippen molar-refractivity contribution in [3.8, 4) is 5.75 Å². The summed E-state index contributed by atoms with van der Waals surface area (Å²) in [7, 11) is 1.38. The number of amides is 1. The zero-order valence-corrected chi connectivity index (χ0v) is 12.2.